The van der Waals surface area contributed by atoms with E-state index in [1.165, 1.54) is 42.5 Å². The third-order valence-electron chi connectivity index (χ3n) is 3.40. The van der Waals surface area contributed by atoms with Crippen molar-refractivity contribution in [2.45, 2.75) is 13.0 Å². The summed E-state index contributed by atoms with van der Waals surface area (Å²) in [6.45, 7) is -0.269. The van der Waals surface area contributed by atoms with Gasteiger partial charge in [-0.1, -0.05) is 12.1 Å². The Kier molecular flexibility index (Phi) is 6.65. The Bertz CT molecular complexity index is 857. The number of phenolic OH excluding ortho intramolecular Hbond substituents is 4. The number of carbonyl (C=O) groups excluding carboxylic acids is 2. The van der Waals surface area contributed by atoms with Crippen molar-refractivity contribution in [3.05, 3.63) is 53.6 Å². The minimum absolute atomic E-state index is 0.0924. The molecule has 142 valence electrons. The van der Waals surface area contributed by atoms with Crippen molar-refractivity contribution in [1.29, 1.82) is 0 Å². The van der Waals surface area contributed by atoms with Crippen LogP contribution < -0.4 is 0 Å². The number of ether oxygens (including phenoxy) is 2. The van der Waals surface area contributed by atoms with Crippen molar-refractivity contribution in [2.75, 3.05) is 6.61 Å². The van der Waals surface area contributed by atoms with Gasteiger partial charge in [-0.2, -0.15) is 0 Å². The van der Waals surface area contributed by atoms with Gasteiger partial charge in [-0.25, -0.2) is 4.79 Å². The van der Waals surface area contributed by atoms with Crippen LogP contribution in [-0.4, -0.2) is 39.0 Å². The standard InChI is InChI=1S/C19H18O8/c20-14-4-1-12(9-16(14)22)3-6-18(24)26-8-7-19(25)27-11-13-2-5-15(21)17(23)10-13/h1-6,9-10,20-23H,7-8,11H2/b6-3+. The molecule has 0 amide bonds. The second-order valence-corrected chi connectivity index (χ2v) is 5.48. The second kappa shape index (κ2) is 9.14. The number of rotatable bonds is 7. The summed E-state index contributed by atoms with van der Waals surface area (Å²) in [7, 11) is 0. The lowest BCUT2D eigenvalue weighted by Crippen LogP contribution is -2.10. The molecule has 0 atom stereocenters. The molecule has 8 nitrogen and oxygen atoms in total. The van der Waals surface area contributed by atoms with Crippen LogP contribution in [0.3, 0.4) is 0 Å². The first-order chi connectivity index (χ1) is 12.8. The van der Waals surface area contributed by atoms with Crippen LogP contribution in [0.25, 0.3) is 6.08 Å². The molecular weight excluding hydrogens is 356 g/mol. The lowest BCUT2D eigenvalue weighted by Gasteiger charge is -2.06. The van der Waals surface area contributed by atoms with Crippen LogP contribution in [0.2, 0.25) is 0 Å². The van der Waals surface area contributed by atoms with Gasteiger partial charge in [0.05, 0.1) is 6.42 Å². The molecule has 0 aliphatic carbocycles. The molecule has 2 aromatic carbocycles. The highest BCUT2D eigenvalue weighted by atomic mass is 16.5. The first-order valence-electron chi connectivity index (χ1n) is 7.88. The summed E-state index contributed by atoms with van der Waals surface area (Å²) in [6.07, 6.45) is 2.36. The molecule has 0 radical (unpaired) electrons. The maximum Gasteiger partial charge on any atom is 0.330 e. The molecule has 0 aromatic heterocycles. The van der Waals surface area contributed by atoms with E-state index in [2.05, 4.69) is 0 Å². The SMILES string of the molecule is O=C(/C=C/c1ccc(O)c(O)c1)OCCC(=O)OCc1ccc(O)c(O)c1. The quantitative estimate of drug-likeness (QED) is 0.329. The molecule has 0 saturated carbocycles. The van der Waals surface area contributed by atoms with E-state index in [-0.39, 0.29) is 42.6 Å². The number of hydrogen-bond acceptors (Lipinski definition) is 8. The van der Waals surface area contributed by atoms with Gasteiger partial charge in [-0.3, -0.25) is 4.79 Å². The Morgan fingerprint density at radius 1 is 0.852 bits per heavy atom. The Morgan fingerprint density at radius 3 is 2.19 bits per heavy atom. The van der Waals surface area contributed by atoms with Gasteiger partial charge in [-0.15, -0.1) is 0 Å². The predicted octanol–water partition coefficient (Wildman–Crippen LogP) is 2.20. The van der Waals surface area contributed by atoms with Crippen molar-refractivity contribution in [1.82, 2.24) is 0 Å². The molecule has 4 N–H and O–H groups in total. The van der Waals surface area contributed by atoms with Crippen LogP contribution in [-0.2, 0) is 25.7 Å². The maximum absolute atomic E-state index is 11.6. The van der Waals surface area contributed by atoms with Crippen LogP contribution in [0.1, 0.15) is 17.5 Å². The van der Waals surface area contributed by atoms with Gasteiger partial charge in [-0.05, 0) is 41.5 Å². The van der Waals surface area contributed by atoms with E-state index in [4.69, 9.17) is 9.47 Å². The average molecular weight is 374 g/mol. The Hall–Kier alpha value is -3.68. The second-order valence-electron chi connectivity index (χ2n) is 5.48. The summed E-state index contributed by atoms with van der Waals surface area (Å²) in [4.78, 5) is 23.2. The molecule has 0 aliphatic rings. The van der Waals surface area contributed by atoms with Crippen LogP contribution in [0, 0.1) is 0 Å². The number of aromatic hydroxyl groups is 4. The summed E-state index contributed by atoms with van der Waals surface area (Å²) in [5.74, 6) is -2.44. The molecular formula is C19H18O8. The molecule has 0 unspecified atom stereocenters. The van der Waals surface area contributed by atoms with Gasteiger partial charge in [0.15, 0.2) is 23.0 Å². The van der Waals surface area contributed by atoms with E-state index in [1.54, 1.807) is 0 Å². The van der Waals surface area contributed by atoms with E-state index in [1.807, 2.05) is 0 Å². The lowest BCUT2D eigenvalue weighted by molar-refractivity contribution is -0.148. The minimum atomic E-state index is -0.682. The topological polar surface area (TPSA) is 134 Å². The minimum Gasteiger partial charge on any atom is -0.504 e. The summed E-state index contributed by atoms with van der Waals surface area (Å²) < 4.78 is 9.83. The molecule has 0 fully saturated rings. The zero-order valence-corrected chi connectivity index (χ0v) is 14.2. The van der Waals surface area contributed by atoms with Crippen LogP contribution in [0.4, 0.5) is 0 Å². The number of hydrogen-bond donors (Lipinski definition) is 4. The third-order valence-corrected chi connectivity index (χ3v) is 3.40. The third kappa shape index (κ3) is 6.28. The number of carbonyl (C=O) groups is 2. The first kappa shape index (κ1) is 19.6. The Balaban J connectivity index is 1.70. The van der Waals surface area contributed by atoms with Gasteiger partial charge < -0.3 is 29.9 Å². The Labute approximate surface area is 154 Å². The number of benzene rings is 2. The zero-order chi connectivity index (χ0) is 19.8. The summed E-state index contributed by atoms with van der Waals surface area (Å²) in [5, 5.41) is 37.1. The van der Waals surface area contributed by atoms with Crippen molar-refractivity contribution in [3.8, 4) is 23.0 Å². The zero-order valence-electron chi connectivity index (χ0n) is 14.2. The summed E-state index contributed by atoms with van der Waals surface area (Å²) >= 11 is 0. The highest BCUT2D eigenvalue weighted by molar-refractivity contribution is 5.87. The van der Waals surface area contributed by atoms with Gasteiger partial charge in [0.1, 0.15) is 13.2 Å². The van der Waals surface area contributed by atoms with Gasteiger partial charge >= 0.3 is 11.9 Å². The summed E-state index contributed by atoms with van der Waals surface area (Å²) in [6, 6.07) is 8.10. The van der Waals surface area contributed by atoms with Crippen LogP contribution in [0.15, 0.2) is 42.5 Å². The largest absolute Gasteiger partial charge is 0.504 e. The van der Waals surface area contributed by atoms with Gasteiger partial charge in [0.25, 0.3) is 0 Å². The van der Waals surface area contributed by atoms with Crippen LogP contribution in [0.5, 0.6) is 23.0 Å². The smallest absolute Gasteiger partial charge is 0.330 e. The molecule has 2 aromatic rings. The fourth-order valence-corrected chi connectivity index (χ4v) is 1.99. The molecule has 2 rings (SSSR count). The van der Waals surface area contributed by atoms with Gasteiger partial charge in [0.2, 0.25) is 0 Å². The Morgan fingerprint density at radius 2 is 1.52 bits per heavy atom. The van der Waals surface area contributed by atoms with Crippen molar-refractivity contribution >= 4 is 18.0 Å². The van der Waals surface area contributed by atoms with Gasteiger partial charge in [0, 0.05) is 6.08 Å². The molecule has 0 heterocycles. The first-order valence-corrected chi connectivity index (χ1v) is 7.88. The summed E-state index contributed by atoms with van der Waals surface area (Å²) in [5.41, 5.74) is 0.981. The molecule has 0 spiro atoms. The molecule has 27 heavy (non-hydrogen) atoms. The molecule has 0 aliphatic heterocycles. The van der Waals surface area contributed by atoms with E-state index >= 15 is 0 Å². The monoisotopic (exact) mass is 374 g/mol. The fourth-order valence-electron chi connectivity index (χ4n) is 1.99. The lowest BCUT2D eigenvalue weighted by atomic mass is 10.2. The fraction of sp³-hybridized carbons (Fsp3) is 0.158. The number of phenols is 4. The van der Waals surface area contributed by atoms with Crippen LogP contribution >= 0.6 is 0 Å². The van der Waals surface area contributed by atoms with Crippen molar-refractivity contribution < 1.29 is 39.5 Å². The maximum atomic E-state index is 11.6. The predicted molar refractivity (Wildman–Crippen MR) is 93.9 cm³/mol. The molecule has 8 heteroatoms. The highest BCUT2D eigenvalue weighted by Gasteiger charge is 2.07. The van der Waals surface area contributed by atoms with E-state index in [0.29, 0.717) is 11.1 Å². The van der Waals surface area contributed by atoms with Crippen molar-refractivity contribution in [2.24, 2.45) is 0 Å². The number of esters is 2. The van der Waals surface area contributed by atoms with E-state index < -0.39 is 11.9 Å². The van der Waals surface area contributed by atoms with Crippen molar-refractivity contribution in [3.63, 3.8) is 0 Å². The normalized spacial score (nSPS) is 10.7. The van der Waals surface area contributed by atoms with E-state index in [0.717, 1.165) is 6.08 Å². The average Bonchev–Trinajstić information content (AvgIpc) is 2.63. The molecule has 0 bridgehead atoms. The highest BCUT2D eigenvalue weighted by Crippen LogP contribution is 2.26. The molecule has 0 saturated heterocycles. The van der Waals surface area contributed by atoms with E-state index in [9.17, 15) is 30.0 Å².